The number of allylic oxidation sites excluding steroid dienone is 6. The molecule has 7 nitrogen and oxygen atoms in total. The minimum absolute atomic E-state index is 0.0389. The van der Waals surface area contributed by atoms with Crippen LogP contribution < -0.4 is 4.90 Å². The van der Waals surface area contributed by atoms with Crippen LogP contribution in [0.4, 0.5) is 11.4 Å². The van der Waals surface area contributed by atoms with Gasteiger partial charge in [0.15, 0.2) is 12.3 Å². The van der Waals surface area contributed by atoms with Crippen molar-refractivity contribution in [3.63, 3.8) is 0 Å². The highest BCUT2D eigenvalue weighted by Crippen LogP contribution is 2.56. The van der Waals surface area contributed by atoms with E-state index in [0.29, 0.717) is 12.0 Å². The van der Waals surface area contributed by atoms with Gasteiger partial charge in [-0.15, -0.1) is 0 Å². The van der Waals surface area contributed by atoms with Crippen LogP contribution in [-0.4, -0.2) is 45.5 Å². The second kappa shape index (κ2) is 14.7. The van der Waals surface area contributed by atoms with Gasteiger partial charge in [0.2, 0.25) is 5.69 Å². The molecular weight excluding hydrogens is 707 g/mol. The average molecular weight is 751 g/mol. The lowest BCUT2D eigenvalue weighted by Crippen LogP contribution is -2.32. The molecule has 0 saturated heterocycles. The van der Waals surface area contributed by atoms with Crippen molar-refractivity contribution in [1.82, 2.24) is 0 Å². The molecule has 0 saturated carbocycles. The summed E-state index contributed by atoms with van der Waals surface area (Å²) in [5.41, 5.74) is 6.54. The molecule has 1 atom stereocenters. The van der Waals surface area contributed by atoms with E-state index in [1.165, 1.54) is 0 Å². The van der Waals surface area contributed by atoms with Crippen molar-refractivity contribution < 1.29 is 24.4 Å². The summed E-state index contributed by atoms with van der Waals surface area (Å²) >= 11 is 0. The van der Waals surface area contributed by atoms with Gasteiger partial charge in [-0.25, -0.2) is 0 Å². The van der Waals surface area contributed by atoms with E-state index >= 15 is 0 Å². The minimum atomic E-state index is -0.883. The van der Waals surface area contributed by atoms with Gasteiger partial charge < -0.3 is 15.1 Å². The summed E-state index contributed by atoms with van der Waals surface area (Å²) in [5.74, 6) is -1.76. The number of carboxylic acids is 2. The molecule has 57 heavy (non-hydrogen) atoms. The van der Waals surface area contributed by atoms with Gasteiger partial charge in [-0.3, -0.25) is 9.59 Å². The van der Waals surface area contributed by atoms with E-state index in [2.05, 4.69) is 109 Å². The molecular formula is C50H44N3O4+. The number of carboxylic acid groups (broad SMARTS) is 2. The fraction of sp³-hybridized carbons (Fsp3) is 0.200. The van der Waals surface area contributed by atoms with Crippen molar-refractivity contribution in [1.29, 1.82) is 5.26 Å². The Morgan fingerprint density at radius 1 is 0.737 bits per heavy atom. The van der Waals surface area contributed by atoms with E-state index < -0.39 is 22.8 Å². The molecule has 1 unspecified atom stereocenters. The van der Waals surface area contributed by atoms with E-state index in [4.69, 9.17) is 0 Å². The number of nitriles is 1. The smallest absolute Gasteiger partial charge is 0.309 e. The van der Waals surface area contributed by atoms with Gasteiger partial charge >= 0.3 is 11.9 Å². The number of fused-ring (bicyclic) bond motifs is 9. The van der Waals surface area contributed by atoms with E-state index in [1.807, 2.05) is 66.8 Å². The maximum absolute atomic E-state index is 12.2. The number of carbonyl (C=O) groups is 2. The standard InChI is InChI=1S/C50H43N3O4/c1-49(2)42(52(29-27-44(54)55)41-24-23-35-15-7-8-16-36(35)46(41)49)25-21-34(32-51)22-26-43-50(3,31-33-13-5-4-6-14-33)47-39-19-11-9-17-37(39)38-18-10-12-20-40(38)48(47)53(43)30-28-45(56)57/h4-26H,27-31H2,1-3H3,(H-,54,55,56,57)/p+1. The molecule has 2 aliphatic heterocycles. The van der Waals surface area contributed by atoms with E-state index in [0.717, 1.165) is 71.8 Å². The first kappa shape index (κ1) is 37.2. The van der Waals surface area contributed by atoms with E-state index in [-0.39, 0.29) is 25.9 Å². The van der Waals surface area contributed by atoms with Crippen LogP contribution in [0.1, 0.15) is 50.3 Å². The lowest BCUT2D eigenvalue weighted by molar-refractivity contribution is -0.436. The molecule has 8 rings (SSSR count). The van der Waals surface area contributed by atoms with Crippen molar-refractivity contribution in [2.24, 2.45) is 0 Å². The Kier molecular flexibility index (Phi) is 9.59. The quantitative estimate of drug-likeness (QED) is 0.0591. The Bertz CT molecular complexity index is 2790. The Labute approximate surface area is 332 Å². The SMILES string of the molecule is CC1(C)C(C=CC(C#N)=CC=C2N(CCC(=O)O)c3c(c4ccccc4c4ccccc34)C2(C)Cc2ccccc2)=[N+](CCC(=O)O)c2ccc3ccccc3c21. The number of benzene rings is 6. The van der Waals surface area contributed by atoms with Crippen LogP contribution in [0.15, 0.2) is 151 Å². The summed E-state index contributed by atoms with van der Waals surface area (Å²) < 4.78 is 2.08. The van der Waals surface area contributed by atoms with Crippen molar-refractivity contribution in [3.8, 4) is 6.07 Å². The third-order valence-electron chi connectivity index (χ3n) is 11.8. The van der Waals surface area contributed by atoms with Gasteiger partial charge in [0.25, 0.3) is 0 Å². The van der Waals surface area contributed by atoms with E-state index in [1.54, 1.807) is 0 Å². The van der Waals surface area contributed by atoms with Crippen molar-refractivity contribution in [2.75, 3.05) is 18.0 Å². The summed E-state index contributed by atoms with van der Waals surface area (Å²) in [5, 5.41) is 37.0. The van der Waals surface area contributed by atoms with Gasteiger partial charge in [-0.05, 0) is 89.5 Å². The minimum Gasteiger partial charge on any atom is -0.481 e. The molecule has 0 bridgehead atoms. The second-order valence-electron chi connectivity index (χ2n) is 15.7. The second-order valence-corrected chi connectivity index (χ2v) is 15.7. The van der Waals surface area contributed by atoms with Crippen molar-refractivity contribution in [2.45, 2.75) is 50.9 Å². The summed E-state index contributed by atoms with van der Waals surface area (Å²) in [6.07, 6.45) is 8.17. The third kappa shape index (κ3) is 6.47. The molecule has 6 aromatic carbocycles. The summed E-state index contributed by atoms with van der Waals surface area (Å²) in [7, 11) is 0. The molecule has 0 aliphatic carbocycles. The zero-order valence-corrected chi connectivity index (χ0v) is 32.4. The number of nitrogens with zero attached hydrogens (tertiary/aromatic N) is 3. The molecule has 0 amide bonds. The first-order valence-corrected chi connectivity index (χ1v) is 19.4. The molecule has 2 aliphatic rings. The number of hydrogen-bond acceptors (Lipinski definition) is 4. The zero-order valence-electron chi connectivity index (χ0n) is 32.4. The van der Waals surface area contributed by atoms with Gasteiger partial charge in [-0.1, -0.05) is 103 Å². The van der Waals surface area contributed by atoms with Crippen LogP contribution in [0, 0.1) is 11.3 Å². The predicted octanol–water partition coefficient (Wildman–Crippen LogP) is 10.4. The normalized spacial score (nSPS) is 18.2. The van der Waals surface area contributed by atoms with Crippen molar-refractivity contribution >= 4 is 61.3 Å². The van der Waals surface area contributed by atoms with Crippen LogP contribution in [-0.2, 0) is 26.8 Å². The monoisotopic (exact) mass is 750 g/mol. The van der Waals surface area contributed by atoms with E-state index in [9.17, 15) is 25.1 Å². The third-order valence-corrected chi connectivity index (χ3v) is 11.8. The van der Waals surface area contributed by atoms with Gasteiger partial charge in [0, 0.05) is 40.7 Å². The Hall–Kier alpha value is -6.78. The van der Waals surface area contributed by atoms with Crippen LogP contribution in [0.3, 0.4) is 0 Å². The molecule has 6 aromatic rings. The van der Waals surface area contributed by atoms with Crippen molar-refractivity contribution in [3.05, 3.63) is 168 Å². The molecule has 0 radical (unpaired) electrons. The maximum Gasteiger partial charge on any atom is 0.309 e. The lowest BCUT2D eigenvalue weighted by atomic mass is 9.74. The van der Waals surface area contributed by atoms with Gasteiger partial charge in [0.05, 0.1) is 29.2 Å². The largest absolute Gasteiger partial charge is 0.481 e. The average Bonchev–Trinajstić information content (AvgIpc) is 3.59. The zero-order chi connectivity index (χ0) is 39.9. The topological polar surface area (TPSA) is 105 Å². The van der Waals surface area contributed by atoms with Crippen LogP contribution >= 0.6 is 0 Å². The fourth-order valence-electron chi connectivity index (χ4n) is 9.36. The fourth-order valence-corrected chi connectivity index (χ4v) is 9.36. The maximum atomic E-state index is 12.2. The Morgan fingerprint density at radius 2 is 1.35 bits per heavy atom. The Morgan fingerprint density at radius 3 is 2.04 bits per heavy atom. The molecule has 0 fully saturated rings. The van der Waals surface area contributed by atoms with Crippen LogP contribution in [0.2, 0.25) is 0 Å². The number of aliphatic carboxylic acids is 2. The number of hydrogen-bond donors (Lipinski definition) is 2. The molecule has 0 aromatic heterocycles. The molecule has 282 valence electrons. The highest BCUT2D eigenvalue weighted by Gasteiger charge is 2.47. The van der Waals surface area contributed by atoms with Crippen LogP contribution in [0.5, 0.6) is 0 Å². The first-order valence-electron chi connectivity index (χ1n) is 19.4. The Balaban J connectivity index is 1.30. The summed E-state index contributed by atoms with van der Waals surface area (Å²) in [4.78, 5) is 26.2. The first-order chi connectivity index (χ1) is 27.5. The highest BCUT2D eigenvalue weighted by atomic mass is 16.4. The van der Waals surface area contributed by atoms with Gasteiger partial charge in [0.1, 0.15) is 6.42 Å². The lowest BCUT2D eigenvalue weighted by Gasteiger charge is -2.31. The van der Waals surface area contributed by atoms with Crippen LogP contribution in [0.25, 0.3) is 32.3 Å². The summed E-state index contributed by atoms with van der Waals surface area (Å²) in [6, 6.07) is 41.9. The molecule has 7 heteroatoms. The number of anilines is 1. The molecule has 2 N–H and O–H groups in total. The molecule has 0 spiro atoms. The highest BCUT2D eigenvalue weighted by molar-refractivity contribution is 6.17. The predicted molar refractivity (Wildman–Crippen MR) is 228 cm³/mol. The summed E-state index contributed by atoms with van der Waals surface area (Å²) in [6.45, 7) is 7.08. The van der Waals surface area contributed by atoms with Gasteiger partial charge in [-0.2, -0.15) is 9.84 Å². The number of rotatable bonds is 11. The molecule has 2 heterocycles.